The maximum Gasteiger partial charge on any atom is 0.220 e. The highest BCUT2D eigenvalue weighted by Crippen LogP contribution is 2.31. The van der Waals surface area contributed by atoms with Crippen LogP contribution in [0.15, 0.2) is 6.20 Å². The van der Waals surface area contributed by atoms with Gasteiger partial charge in [-0.15, -0.1) is 0 Å². The molecule has 1 atom stereocenters. The van der Waals surface area contributed by atoms with E-state index in [1.807, 2.05) is 20.2 Å². The number of amides is 1. The summed E-state index contributed by atoms with van der Waals surface area (Å²) in [5, 5.41) is 7.32. The van der Waals surface area contributed by atoms with Crippen molar-refractivity contribution < 1.29 is 4.79 Å². The third-order valence-corrected chi connectivity index (χ3v) is 4.55. The molecule has 1 N–H and O–H groups in total. The molecule has 4 heteroatoms. The molecule has 1 aromatic heterocycles. The van der Waals surface area contributed by atoms with Crippen molar-refractivity contribution in [2.45, 2.75) is 58.9 Å². The van der Waals surface area contributed by atoms with E-state index in [1.165, 1.54) is 32.1 Å². The van der Waals surface area contributed by atoms with Crippen LogP contribution < -0.4 is 5.32 Å². The van der Waals surface area contributed by atoms with E-state index in [9.17, 15) is 4.79 Å². The summed E-state index contributed by atoms with van der Waals surface area (Å²) >= 11 is 0. The summed E-state index contributed by atoms with van der Waals surface area (Å²) in [7, 11) is 1.91. The van der Waals surface area contributed by atoms with Gasteiger partial charge in [0.1, 0.15) is 0 Å². The molecular weight excluding hydrogens is 250 g/mol. The molecule has 112 valence electrons. The summed E-state index contributed by atoms with van der Waals surface area (Å²) in [6, 6.07) is 0. The Kier molecular flexibility index (Phi) is 5.21. The molecule has 4 nitrogen and oxygen atoms in total. The van der Waals surface area contributed by atoms with Crippen LogP contribution in [0.4, 0.5) is 0 Å². The lowest BCUT2D eigenvalue weighted by Gasteiger charge is -2.27. The van der Waals surface area contributed by atoms with Crippen LogP contribution in [0.25, 0.3) is 0 Å². The highest BCUT2D eigenvalue weighted by molar-refractivity contribution is 5.76. The molecule has 0 saturated heterocycles. The van der Waals surface area contributed by atoms with Crippen molar-refractivity contribution in [2.75, 3.05) is 0 Å². The van der Waals surface area contributed by atoms with Crippen molar-refractivity contribution in [3.8, 4) is 0 Å². The fourth-order valence-electron chi connectivity index (χ4n) is 3.25. The van der Waals surface area contributed by atoms with Gasteiger partial charge in [-0.2, -0.15) is 5.10 Å². The molecule has 1 heterocycles. The first-order valence-electron chi connectivity index (χ1n) is 7.82. The number of nitrogens with zero attached hydrogens (tertiary/aromatic N) is 2. The smallest absolute Gasteiger partial charge is 0.220 e. The molecule has 1 aliphatic rings. The quantitative estimate of drug-likeness (QED) is 0.899. The van der Waals surface area contributed by atoms with Crippen molar-refractivity contribution in [2.24, 2.45) is 18.9 Å². The van der Waals surface area contributed by atoms with Crippen molar-refractivity contribution in [1.82, 2.24) is 15.1 Å². The SMILES string of the molecule is Cc1nn(C)cc1CNC(=O)CC(C)C1CCCCC1. The predicted octanol–water partition coefficient (Wildman–Crippen LogP) is 2.95. The number of aromatic nitrogens is 2. The Morgan fingerprint density at radius 2 is 2.15 bits per heavy atom. The van der Waals surface area contributed by atoms with Gasteiger partial charge in [-0.05, 0) is 18.8 Å². The van der Waals surface area contributed by atoms with Gasteiger partial charge in [-0.1, -0.05) is 39.0 Å². The molecule has 1 aromatic rings. The zero-order valence-electron chi connectivity index (χ0n) is 13.0. The zero-order valence-corrected chi connectivity index (χ0v) is 13.0. The first-order chi connectivity index (χ1) is 9.56. The van der Waals surface area contributed by atoms with Crippen LogP contribution in [0, 0.1) is 18.8 Å². The van der Waals surface area contributed by atoms with E-state index in [0.29, 0.717) is 18.9 Å². The van der Waals surface area contributed by atoms with Crippen LogP contribution >= 0.6 is 0 Å². The van der Waals surface area contributed by atoms with Crippen molar-refractivity contribution >= 4 is 5.91 Å². The van der Waals surface area contributed by atoms with Gasteiger partial charge in [0.05, 0.1) is 5.69 Å². The number of rotatable bonds is 5. The van der Waals surface area contributed by atoms with E-state index in [1.54, 1.807) is 4.68 Å². The summed E-state index contributed by atoms with van der Waals surface area (Å²) in [6.07, 6.45) is 9.28. The summed E-state index contributed by atoms with van der Waals surface area (Å²) < 4.78 is 1.79. The molecular formula is C16H27N3O. The molecule has 20 heavy (non-hydrogen) atoms. The highest BCUT2D eigenvalue weighted by atomic mass is 16.1. The lowest BCUT2D eigenvalue weighted by Crippen LogP contribution is -2.27. The first-order valence-corrected chi connectivity index (χ1v) is 7.82. The second-order valence-electron chi connectivity index (χ2n) is 6.27. The van der Waals surface area contributed by atoms with E-state index in [-0.39, 0.29) is 5.91 Å². The van der Waals surface area contributed by atoms with Crippen LogP contribution in [0.5, 0.6) is 0 Å². The largest absolute Gasteiger partial charge is 0.352 e. The van der Waals surface area contributed by atoms with Crippen LogP contribution in [0.1, 0.15) is 56.7 Å². The van der Waals surface area contributed by atoms with E-state index in [2.05, 4.69) is 17.3 Å². The molecule has 1 saturated carbocycles. The predicted molar refractivity (Wildman–Crippen MR) is 80.1 cm³/mol. The van der Waals surface area contributed by atoms with Crippen LogP contribution in [0.3, 0.4) is 0 Å². The summed E-state index contributed by atoms with van der Waals surface area (Å²) in [5.41, 5.74) is 2.10. The molecule has 0 aromatic carbocycles. The number of carbonyl (C=O) groups is 1. The van der Waals surface area contributed by atoms with Gasteiger partial charge in [-0.25, -0.2) is 0 Å². The third kappa shape index (κ3) is 4.09. The average Bonchev–Trinajstić information content (AvgIpc) is 2.75. The van der Waals surface area contributed by atoms with Gasteiger partial charge in [0.25, 0.3) is 0 Å². The molecule has 0 spiro atoms. The van der Waals surface area contributed by atoms with Crippen molar-refractivity contribution in [3.63, 3.8) is 0 Å². The van der Waals surface area contributed by atoms with Gasteiger partial charge in [0.2, 0.25) is 5.91 Å². The van der Waals surface area contributed by atoms with Gasteiger partial charge in [0, 0.05) is 31.8 Å². The summed E-state index contributed by atoms with van der Waals surface area (Å²) in [4.78, 5) is 12.0. The standard InChI is InChI=1S/C16H27N3O/c1-12(14-7-5-4-6-8-14)9-16(20)17-10-15-11-19(3)18-13(15)2/h11-12,14H,4-10H2,1-3H3,(H,17,20). The van der Waals surface area contributed by atoms with Gasteiger partial charge in [-0.3, -0.25) is 9.48 Å². The topological polar surface area (TPSA) is 46.9 Å². The minimum Gasteiger partial charge on any atom is -0.352 e. The molecule has 0 radical (unpaired) electrons. The van der Waals surface area contributed by atoms with E-state index < -0.39 is 0 Å². The second-order valence-corrected chi connectivity index (χ2v) is 6.27. The van der Waals surface area contributed by atoms with Gasteiger partial charge >= 0.3 is 0 Å². The Bertz CT molecular complexity index is 447. The van der Waals surface area contributed by atoms with Crippen LogP contribution in [-0.2, 0) is 18.4 Å². The maximum absolute atomic E-state index is 12.0. The number of aryl methyl sites for hydroxylation is 2. The molecule has 1 unspecified atom stereocenters. The molecule has 0 bridgehead atoms. The normalized spacial score (nSPS) is 17.9. The molecule has 1 fully saturated rings. The van der Waals surface area contributed by atoms with E-state index >= 15 is 0 Å². The number of nitrogens with one attached hydrogen (secondary N) is 1. The average molecular weight is 277 g/mol. The minimum absolute atomic E-state index is 0.173. The monoisotopic (exact) mass is 277 g/mol. The molecule has 2 rings (SSSR count). The Labute approximate surface area is 121 Å². The number of hydrogen-bond donors (Lipinski definition) is 1. The molecule has 1 aliphatic carbocycles. The minimum atomic E-state index is 0.173. The van der Waals surface area contributed by atoms with E-state index in [0.717, 1.165) is 17.2 Å². The lowest BCUT2D eigenvalue weighted by atomic mass is 9.79. The molecule has 1 amide bonds. The Morgan fingerprint density at radius 1 is 1.45 bits per heavy atom. The number of hydrogen-bond acceptors (Lipinski definition) is 2. The first kappa shape index (κ1) is 15.1. The van der Waals surface area contributed by atoms with Crippen LogP contribution in [-0.4, -0.2) is 15.7 Å². The zero-order chi connectivity index (χ0) is 14.5. The van der Waals surface area contributed by atoms with Crippen molar-refractivity contribution in [1.29, 1.82) is 0 Å². The Hall–Kier alpha value is -1.32. The highest BCUT2D eigenvalue weighted by Gasteiger charge is 2.22. The third-order valence-electron chi connectivity index (χ3n) is 4.55. The Morgan fingerprint density at radius 3 is 2.75 bits per heavy atom. The maximum atomic E-state index is 12.0. The summed E-state index contributed by atoms with van der Waals surface area (Å²) in [6.45, 7) is 4.80. The lowest BCUT2D eigenvalue weighted by molar-refractivity contribution is -0.122. The van der Waals surface area contributed by atoms with Gasteiger partial charge in [0.15, 0.2) is 0 Å². The fourth-order valence-corrected chi connectivity index (χ4v) is 3.25. The second kappa shape index (κ2) is 6.91. The fraction of sp³-hybridized carbons (Fsp3) is 0.750. The molecule has 0 aliphatic heterocycles. The Balaban J connectivity index is 1.76. The van der Waals surface area contributed by atoms with Crippen LogP contribution in [0.2, 0.25) is 0 Å². The van der Waals surface area contributed by atoms with Crippen molar-refractivity contribution in [3.05, 3.63) is 17.5 Å². The summed E-state index contributed by atoms with van der Waals surface area (Å²) in [5.74, 6) is 1.42. The van der Waals surface area contributed by atoms with Gasteiger partial charge < -0.3 is 5.32 Å². The van der Waals surface area contributed by atoms with E-state index in [4.69, 9.17) is 0 Å². The number of carbonyl (C=O) groups excluding carboxylic acids is 1.